The van der Waals surface area contributed by atoms with Crippen LogP contribution in [0.5, 0.6) is 0 Å². The standard InChI is InChI=1S/C4H13N3.5C2H4O2.Re/c5-1-3-7-4-2-6;5*1-2(3)4;/h7H,1-6H2;5*1H3,(H,3,4);/p-2. The summed E-state index contributed by atoms with van der Waals surface area (Å²) >= 11 is 0. The van der Waals surface area contributed by atoms with Crippen molar-refractivity contribution in [2.24, 2.45) is 11.5 Å². The molecule has 28 heavy (non-hydrogen) atoms. The van der Waals surface area contributed by atoms with Gasteiger partial charge in [0.1, 0.15) is 0 Å². The molecule has 0 fully saturated rings. The van der Waals surface area contributed by atoms with Crippen molar-refractivity contribution in [2.75, 3.05) is 26.2 Å². The molecule has 0 aromatic heterocycles. The maximum atomic E-state index is 9.00. The van der Waals surface area contributed by atoms with Crippen molar-refractivity contribution >= 4 is 29.8 Å². The molecule has 0 heterocycles. The van der Waals surface area contributed by atoms with Gasteiger partial charge in [-0.25, -0.2) is 0 Å². The second kappa shape index (κ2) is 44.4. The van der Waals surface area contributed by atoms with Crippen molar-refractivity contribution in [3.63, 3.8) is 0 Å². The van der Waals surface area contributed by atoms with Gasteiger partial charge in [0.15, 0.2) is 0 Å². The molecule has 8 N–H and O–H groups in total. The Morgan fingerprint density at radius 3 is 0.857 bits per heavy atom. The first-order chi connectivity index (χ1) is 12.1. The SMILES string of the molecule is CC(=O)O.CC(=O)O.CC(=O)O.CC(=O)[O-].CC(=O)[O-].NCCNCCN.[Re]. The molecule has 1 radical (unpaired) electrons. The average molecular weight is 588 g/mol. The van der Waals surface area contributed by atoms with E-state index in [0.717, 1.165) is 47.7 Å². The van der Waals surface area contributed by atoms with Crippen molar-refractivity contribution in [1.82, 2.24) is 5.32 Å². The molecule has 0 saturated heterocycles. The van der Waals surface area contributed by atoms with Crippen molar-refractivity contribution < 1.29 is 69.9 Å². The molecule has 0 atom stereocenters. The van der Waals surface area contributed by atoms with E-state index >= 15 is 0 Å². The van der Waals surface area contributed by atoms with Crippen molar-refractivity contribution in [3.05, 3.63) is 0 Å². The Hall–Kier alpha value is -2.11. The molecule has 0 aromatic carbocycles. The number of nitrogens with one attached hydrogen (secondary N) is 1. The monoisotopic (exact) mass is 588 g/mol. The van der Waals surface area contributed by atoms with Crippen molar-refractivity contribution in [3.8, 4) is 0 Å². The van der Waals surface area contributed by atoms with Crippen molar-refractivity contribution in [1.29, 1.82) is 0 Å². The molecule has 0 unspecified atom stereocenters. The Morgan fingerprint density at radius 2 is 0.786 bits per heavy atom. The van der Waals surface area contributed by atoms with Gasteiger partial charge in [-0.05, 0) is 13.8 Å². The van der Waals surface area contributed by atoms with Crippen LogP contribution in [-0.4, -0.2) is 71.3 Å². The zero-order chi connectivity index (χ0) is 23.4. The molecular weight excluding hydrogens is 556 g/mol. The quantitative estimate of drug-likeness (QED) is 0.173. The van der Waals surface area contributed by atoms with Crippen LogP contribution in [0.3, 0.4) is 0 Å². The van der Waals surface area contributed by atoms with E-state index in [1.165, 1.54) is 0 Å². The third-order valence-electron chi connectivity index (χ3n) is 0.642. The van der Waals surface area contributed by atoms with Crippen LogP contribution in [0.15, 0.2) is 0 Å². The molecule has 171 valence electrons. The normalized spacial score (nSPS) is 6.82. The Labute approximate surface area is 177 Å². The van der Waals surface area contributed by atoms with Gasteiger partial charge in [0.05, 0.1) is 0 Å². The predicted molar refractivity (Wildman–Crippen MR) is 92.3 cm³/mol. The van der Waals surface area contributed by atoms with Gasteiger partial charge in [0.25, 0.3) is 17.9 Å². The average Bonchev–Trinajstić information content (AvgIpc) is 2.35. The van der Waals surface area contributed by atoms with Crippen LogP contribution >= 0.6 is 0 Å². The number of carboxylic acid groups (broad SMARTS) is 5. The largest absolute Gasteiger partial charge is 0.550 e. The van der Waals surface area contributed by atoms with Gasteiger partial charge >= 0.3 is 0 Å². The number of hydrogen-bond acceptors (Lipinski definition) is 10. The molecular formula is C14H31N3O10Re-2. The molecule has 13 nitrogen and oxygen atoms in total. The maximum absolute atomic E-state index is 9.00. The zero-order valence-electron chi connectivity index (χ0n) is 16.6. The third kappa shape index (κ3) is 3500. The van der Waals surface area contributed by atoms with Gasteiger partial charge in [0, 0.05) is 79.3 Å². The second-order valence-electron chi connectivity index (χ2n) is 3.87. The van der Waals surface area contributed by atoms with E-state index in [0.29, 0.717) is 13.1 Å². The summed E-state index contributed by atoms with van der Waals surface area (Å²) < 4.78 is 0. The fraction of sp³-hybridized carbons (Fsp3) is 0.643. The summed E-state index contributed by atoms with van der Waals surface area (Å²) in [6, 6.07) is 0. The van der Waals surface area contributed by atoms with E-state index in [1.54, 1.807) is 0 Å². The van der Waals surface area contributed by atoms with Crippen LogP contribution in [0.1, 0.15) is 34.6 Å². The van der Waals surface area contributed by atoms with E-state index < -0.39 is 29.8 Å². The number of carboxylic acids is 5. The summed E-state index contributed by atoms with van der Waals surface area (Å²) in [6.07, 6.45) is 0. The van der Waals surface area contributed by atoms with Crippen LogP contribution in [0.4, 0.5) is 0 Å². The minimum atomic E-state index is -1.08. The maximum Gasteiger partial charge on any atom is 0.300 e. The summed E-state index contributed by atoms with van der Waals surface area (Å²) in [7, 11) is 0. The van der Waals surface area contributed by atoms with Gasteiger partial charge < -0.3 is 51.9 Å². The first-order valence-corrected chi connectivity index (χ1v) is 7.12. The first kappa shape index (κ1) is 45.0. The minimum absolute atomic E-state index is 0. The number of hydrogen-bond donors (Lipinski definition) is 6. The number of aliphatic carboxylic acids is 5. The van der Waals surface area contributed by atoms with E-state index in [4.69, 9.17) is 61.0 Å². The van der Waals surface area contributed by atoms with Gasteiger partial charge in [-0.1, -0.05) is 0 Å². The summed E-state index contributed by atoms with van der Waals surface area (Å²) in [5, 5.41) is 43.1. The summed E-state index contributed by atoms with van der Waals surface area (Å²) in [5.74, 6) is -4.67. The van der Waals surface area contributed by atoms with Crippen LogP contribution in [0, 0.1) is 0 Å². The molecule has 0 saturated carbocycles. The van der Waals surface area contributed by atoms with Gasteiger partial charge in [-0.2, -0.15) is 0 Å². The van der Waals surface area contributed by atoms with Gasteiger partial charge in [-0.3, -0.25) is 14.4 Å². The molecule has 14 heteroatoms. The summed E-state index contributed by atoms with van der Waals surface area (Å²) in [6.45, 7) is 8.33. The second-order valence-corrected chi connectivity index (χ2v) is 3.87. The molecule has 0 aliphatic heterocycles. The topological polar surface area (TPSA) is 256 Å². The Kier molecular flexibility index (Phi) is 71.3. The smallest absolute Gasteiger partial charge is 0.300 e. The molecule has 0 aromatic rings. The molecule has 0 aliphatic carbocycles. The van der Waals surface area contributed by atoms with Crippen LogP contribution in [0.2, 0.25) is 0 Å². The molecule has 0 aliphatic rings. The van der Waals surface area contributed by atoms with Gasteiger partial charge in [0.2, 0.25) is 0 Å². The first-order valence-electron chi connectivity index (χ1n) is 7.12. The van der Waals surface area contributed by atoms with Crippen LogP contribution < -0.4 is 27.0 Å². The molecule has 0 amide bonds. The predicted octanol–water partition coefficient (Wildman–Crippen LogP) is -3.72. The van der Waals surface area contributed by atoms with E-state index in [2.05, 4.69) is 5.32 Å². The minimum Gasteiger partial charge on any atom is -0.550 e. The third-order valence-corrected chi connectivity index (χ3v) is 0.642. The zero-order valence-corrected chi connectivity index (χ0v) is 19.3. The fourth-order valence-electron chi connectivity index (χ4n) is 0.329. The summed E-state index contributed by atoms with van der Waals surface area (Å²) in [5.41, 5.74) is 10.3. The van der Waals surface area contributed by atoms with Crippen LogP contribution in [-0.2, 0) is 44.4 Å². The van der Waals surface area contributed by atoms with Gasteiger partial charge in [-0.15, -0.1) is 0 Å². The van der Waals surface area contributed by atoms with Crippen molar-refractivity contribution in [2.45, 2.75) is 34.6 Å². The van der Waals surface area contributed by atoms with Crippen LogP contribution in [0.25, 0.3) is 0 Å². The number of carbonyl (C=O) groups is 5. The Balaban J connectivity index is -0.0000000382. The van der Waals surface area contributed by atoms with E-state index in [9.17, 15) is 0 Å². The Bertz CT molecular complexity index is 289. The number of nitrogens with two attached hydrogens (primary N) is 2. The van der Waals surface area contributed by atoms with E-state index in [-0.39, 0.29) is 20.4 Å². The molecule has 0 rings (SSSR count). The number of carbonyl (C=O) groups excluding carboxylic acids is 2. The Morgan fingerprint density at radius 1 is 0.679 bits per heavy atom. The summed E-state index contributed by atoms with van der Waals surface area (Å²) in [4.78, 5) is 44.8. The number of rotatable bonds is 4. The molecule has 0 spiro atoms. The fourth-order valence-corrected chi connectivity index (χ4v) is 0.329. The van der Waals surface area contributed by atoms with E-state index in [1.807, 2.05) is 0 Å². The molecule has 0 bridgehead atoms.